The molecule has 1 heterocycles. The summed E-state index contributed by atoms with van der Waals surface area (Å²) in [6.45, 7) is 3.89. The second-order valence-corrected chi connectivity index (χ2v) is 5.04. The summed E-state index contributed by atoms with van der Waals surface area (Å²) < 4.78 is 4.80. The minimum atomic E-state index is -0.568. The van der Waals surface area contributed by atoms with Crippen LogP contribution < -0.4 is 5.73 Å². The second kappa shape index (κ2) is 7.55. The summed E-state index contributed by atoms with van der Waals surface area (Å²) in [6.07, 6.45) is 1.67. The molecule has 1 rings (SSSR count). The molecule has 0 aliphatic carbocycles. The lowest BCUT2D eigenvalue weighted by molar-refractivity contribution is -0.144. The van der Waals surface area contributed by atoms with Crippen LogP contribution in [-0.4, -0.2) is 54.0 Å². The number of ether oxygens (including phenoxy) is 1. The number of thioether (sulfide) groups is 1. The van der Waals surface area contributed by atoms with E-state index in [4.69, 9.17) is 10.5 Å². The SMILES string of the molecule is CCOC(=O)C(N)CCSCC(=O)N1CCC1. The van der Waals surface area contributed by atoms with E-state index in [1.54, 1.807) is 6.92 Å². The predicted octanol–water partition coefficient (Wildman–Crippen LogP) is 0.232. The standard InChI is InChI=1S/C11H20N2O3S/c1-2-16-11(15)9(12)4-7-17-8-10(14)13-5-3-6-13/h9H,2-8,12H2,1H3. The summed E-state index contributed by atoms with van der Waals surface area (Å²) >= 11 is 1.52. The van der Waals surface area contributed by atoms with Crippen molar-refractivity contribution in [2.45, 2.75) is 25.8 Å². The summed E-state index contributed by atoms with van der Waals surface area (Å²) in [5.74, 6) is 1.02. The van der Waals surface area contributed by atoms with Crippen LogP contribution in [0.4, 0.5) is 0 Å². The van der Waals surface area contributed by atoms with Crippen LogP contribution in [-0.2, 0) is 14.3 Å². The van der Waals surface area contributed by atoms with Gasteiger partial charge in [-0.2, -0.15) is 11.8 Å². The van der Waals surface area contributed by atoms with E-state index >= 15 is 0 Å². The largest absolute Gasteiger partial charge is 0.465 e. The van der Waals surface area contributed by atoms with E-state index in [1.807, 2.05) is 4.90 Å². The molecule has 1 amide bonds. The summed E-state index contributed by atoms with van der Waals surface area (Å²) in [4.78, 5) is 24.5. The molecule has 1 aliphatic heterocycles. The van der Waals surface area contributed by atoms with Crippen molar-refractivity contribution in [3.63, 3.8) is 0 Å². The van der Waals surface area contributed by atoms with Gasteiger partial charge in [0.05, 0.1) is 12.4 Å². The Balaban J connectivity index is 2.02. The van der Waals surface area contributed by atoms with Gasteiger partial charge in [0.1, 0.15) is 6.04 Å². The Morgan fingerprint density at radius 1 is 1.47 bits per heavy atom. The molecule has 2 N–H and O–H groups in total. The second-order valence-electron chi connectivity index (χ2n) is 3.93. The molecule has 1 unspecified atom stereocenters. The van der Waals surface area contributed by atoms with E-state index in [9.17, 15) is 9.59 Å². The van der Waals surface area contributed by atoms with Gasteiger partial charge in [-0.3, -0.25) is 9.59 Å². The van der Waals surface area contributed by atoms with Gasteiger partial charge >= 0.3 is 5.97 Å². The number of hydrogen-bond donors (Lipinski definition) is 1. The van der Waals surface area contributed by atoms with Crippen LogP contribution in [0.15, 0.2) is 0 Å². The fourth-order valence-corrected chi connectivity index (χ4v) is 2.32. The van der Waals surface area contributed by atoms with Crippen LogP contribution in [0, 0.1) is 0 Å². The Hall–Kier alpha value is -0.750. The van der Waals surface area contributed by atoms with E-state index in [1.165, 1.54) is 11.8 Å². The Morgan fingerprint density at radius 2 is 2.18 bits per heavy atom. The summed E-state index contributed by atoms with van der Waals surface area (Å²) in [5.41, 5.74) is 5.63. The highest BCUT2D eigenvalue weighted by Crippen LogP contribution is 2.11. The van der Waals surface area contributed by atoms with Gasteiger partial charge in [0.15, 0.2) is 0 Å². The van der Waals surface area contributed by atoms with E-state index in [0.29, 0.717) is 24.5 Å². The van der Waals surface area contributed by atoms with Gasteiger partial charge in [0.25, 0.3) is 0 Å². The highest BCUT2D eigenvalue weighted by molar-refractivity contribution is 7.99. The number of carbonyl (C=O) groups is 2. The first-order chi connectivity index (χ1) is 8.15. The number of amides is 1. The number of nitrogens with zero attached hydrogens (tertiary/aromatic N) is 1. The van der Waals surface area contributed by atoms with Gasteiger partial charge in [-0.05, 0) is 25.5 Å². The Labute approximate surface area is 106 Å². The maximum atomic E-state index is 11.5. The number of likely N-dealkylation sites (tertiary alicyclic amines) is 1. The number of carbonyl (C=O) groups excluding carboxylic acids is 2. The van der Waals surface area contributed by atoms with Crippen LogP contribution in [0.3, 0.4) is 0 Å². The fraction of sp³-hybridized carbons (Fsp3) is 0.818. The third-order valence-electron chi connectivity index (χ3n) is 2.60. The lowest BCUT2D eigenvalue weighted by Crippen LogP contribution is -2.43. The van der Waals surface area contributed by atoms with Gasteiger partial charge in [0.2, 0.25) is 5.91 Å². The minimum Gasteiger partial charge on any atom is -0.465 e. The highest BCUT2D eigenvalue weighted by atomic mass is 32.2. The Kier molecular flexibility index (Phi) is 6.36. The molecule has 1 atom stereocenters. The van der Waals surface area contributed by atoms with Crippen molar-refractivity contribution in [1.82, 2.24) is 4.90 Å². The van der Waals surface area contributed by atoms with Crippen LogP contribution in [0.25, 0.3) is 0 Å². The van der Waals surface area contributed by atoms with Crippen molar-refractivity contribution in [1.29, 1.82) is 0 Å². The molecule has 0 spiro atoms. The zero-order valence-corrected chi connectivity index (χ0v) is 11.0. The molecular formula is C11H20N2O3S. The maximum Gasteiger partial charge on any atom is 0.322 e. The van der Waals surface area contributed by atoms with Gasteiger partial charge in [0, 0.05) is 13.1 Å². The van der Waals surface area contributed by atoms with E-state index in [-0.39, 0.29) is 11.9 Å². The lowest BCUT2D eigenvalue weighted by Gasteiger charge is -2.30. The third-order valence-corrected chi connectivity index (χ3v) is 3.57. The van der Waals surface area contributed by atoms with Crippen molar-refractivity contribution < 1.29 is 14.3 Å². The fourth-order valence-electron chi connectivity index (χ4n) is 1.39. The van der Waals surface area contributed by atoms with Crippen molar-refractivity contribution in [2.75, 3.05) is 31.2 Å². The molecule has 17 heavy (non-hydrogen) atoms. The van der Waals surface area contributed by atoms with Crippen molar-refractivity contribution in [3.8, 4) is 0 Å². The van der Waals surface area contributed by atoms with Gasteiger partial charge < -0.3 is 15.4 Å². The number of nitrogens with two attached hydrogens (primary N) is 1. The maximum absolute atomic E-state index is 11.5. The van der Waals surface area contributed by atoms with E-state index < -0.39 is 6.04 Å². The van der Waals surface area contributed by atoms with Crippen molar-refractivity contribution in [3.05, 3.63) is 0 Å². The topological polar surface area (TPSA) is 72.6 Å². The summed E-state index contributed by atoms with van der Waals surface area (Å²) in [5, 5.41) is 0. The van der Waals surface area contributed by atoms with Crippen molar-refractivity contribution in [2.24, 2.45) is 5.73 Å². The molecule has 1 fully saturated rings. The molecule has 0 radical (unpaired) electrons. The first-order valence-corrected chi connectivity index (χ1v) is 7.08. The average Bonchev–Trinajstić information content (AvgIpc) is 2.22. The first-order valence-electron chi connectivity index (χ1n) is 5.93. The molecular weight excluding hydrogens is 240 g/mol. The van der Waals surface area contributed by atoms with Crippen LogP contribution in [0.1, 0.15) is 19.8 Å². The number of esters is 1. The minimum absolute atomic E-state index is 0.186. The van der Waals surface area contributed by atoms with E-state index in [2.05, 4.69) is 0 Å². The average molecular weight is 260 g/mol. The third kappa shape index (κ3) is 4.95. The Morgan fingerprint density at radius 3 is 2.71 bits per heavy atom. The molecule has 6 heteroatoms. The molecule has 1 aliphatic rings. The van der Waals surface area contributed by atoms with Crippen LogP contribution in [0.2, 0.25) is 0 Å². The molecule has 0 aromatic carbocycles. The normalized spacial score (nSPS) is 16.2. The van der Waals surface area contributed by atoms with Crippen LogP contribution >= 0.6 is 11.8 Å². The smallest absolute Gasteiger partial charge is 0.322 e. The monoisotopic (exact) mass is 260 g/mol. The Bertz CT molecular complexity index is 269. The molecule has 98 valence electrons. The van der Waals surface area contributed by atoms with Gasteiger partial charge in [-0.1, -0.05) is 0 Å². The molecule has 0 bridgehead atoms. The molecule has 0 aromatic heterocycles. The zero-order valence-electron chi connectivity index (χ0n) is 10.2. The van der Waals surface area contributed by atoms with Gasteiger partial charge in [-0.15, -0.1) is 0 Å². The molecule has 5 nitrogen and oxygen atoms in total. The van der Waals surface area contributed by atoms with Crippen molar-refractivity contribution >= 4 is 23.6 Å². The molecule has 0 saturated carbocycles. The highest BCUT2D eigenvalue weighted by Gasteiger charge is 2.20. The quantitative estimate of drug-likeness (QED) is 0.524. The summed E-state index contributed by atoms with van der Waals surface area (Å²) in [6, 6.07) is -0.568. The first kappa shape index (κ1) is 14.3. The predicted molar refractivity (Wildman–Crippen MR) is 67.7 cm³/mol. The van der Waals surface area contributed by atoms with Gasteiger partial charge in [-0.25, -0.2) is 0 Å². The van der Waals surface area contributed by atoms with E-state index in [0.717, 1.165) is 19.5 Å². The molecule has 1 saturated heterocycles. The number of hydrogen-bond acceptors (Lipinski definition) is 5. The van der Waals surface area contributed by atoms with Crippen LogP contribution in [0.5, 0.6) is 0 Å². The lowest BCUT2D eigenvalue weighted by atomic mass is 10.2. The number of rotatable bonds is 7. The summed E-state index contributed by atoms with van der Waals surface area (Å²) in [7, 11) is 0. The molecule has 0 aromatic rings. The zero-order chi connectivity index (χ0) is 12.7.